The maximum absolute atomic E-state index is 11.9. The fourth-order valence-electron chi connectivity index (χ4n) is 5.96. The zero-order valence-corrected chi connectivity index (χ0v) is 25.7. The molecule has 2 fully saturated rings. The standard InChI is InChI=1S/C31H35N9O3S/c1-3-43-30(41)21-16-32-31(33-17-21)40-9-7-20(8-10-40)19-38(2)26-15-25-27(44-26)29(39-11-13-42-14-12-39)36-28(35-25)22-5-4-6-24-23(22)18-34-37-24/h4-6,15-18,20H,3,7-14,19H2,1-2H3,(H,34,37). The second-order valence-electron chi connectivity index (χ2n) is 11.2. The number of fused-ring (bicyclic) bond motifs is 2. The van der Waals surface area contributed by atoms with Crippen LogP contribution in [0, 0.1) is 5.92 Å². The van der Waals surface area contributed by atoms with Crippen molar-refractivity contribution in [3.63, 3.8) is 0 Å². The van der Waals surface area contributed by atoms with Gasteiger partial charge in [-0.3, -0.25) is 5.10 Å². The first kappa shape index (κ1) is 28.4. The number of benzene rings is 1. The minimum Gasteiger partial charge on any atom is -0.462 e. The van der Waals surface area contributed by atoms with Gasteiger partial charge in [0.15, 0.2) is 11.6 Å². The molecule has 7 rings (SSSR count). The van der Waals surface area contributed by atoms with Gasteiger partial charge < -0.3 is 24.2 Å². The molecule has 2 aliphatic rings. The van der Waals surface area contributed by atoms with Crippen molar-refractivity contribution in [3.8, 4) is 11.4 Å². The second kappa shape index (κ2) is 12.3. The summed E-state index contributed by atoms with van der Waals surface area (Å²) < 4.78 is 11.8. The summed E-state index contributed by atoms with van der Waals surface area (Å²) in [5, 5.41) is 9.50. The number of morpholine rings is 1. The Balaban J connectivity index is 1.08. The molecule has 2 saturated heterocycles. The van der Waals surface area contributed by atoms with Crippen LogP contribution < -0.4 is 14.7 Å². The van der Waals surface area contributed by atoms with Crippen LogP contribution in [-0.2, 0) is 9.47 Å². The van der Waals surface area contributed by atoms with Crippen LogP contribution >= 0.6 is 11.3 Å². The molecule has 0 spiro atoms. The summed E-state index contributed by atoms with van der Waals surface area (Å²) >= 11 is 1.76. The summed E-state index contributed by atoms with van der Waals surface area (Å²) in [5.41, 5.74) is 3.28. The maximum atomic E-state index is 11.9. The van der Waals surface area contributed by atoms with E-state index in [1.54, 1.807) is 30.7 Å². The number of anilines is 3. The topological polar surface area (TPSA) is 125 Å². The molecule has 0 unspecified atom stereocenters. The van der Waals surface area contributed by atoms with Gasteiger partial charge >= 0.3 is 5.97 Å². The summed E-state index contributed by atoms with van der Waals surface area (Å²) in [6.45, 7) is 7.80. The molecule has 1 aromatic carbocycles. The number of piperidine rings is 1. The van der Waals surface area contributed by atoms with Gasteiger partial charge in [-0.05, 0) is 37.8 Å². The van der Waals surface area contributed by atoms with E-state index >= 15 is 0 Å². The van der Waals surface area contributed by atoms with E-state index in [-0.39, 0.29) is 0 Å². The Bertz CT molecular complexity index is 1760. The normalized spacial score (nSPS) is 16.1. The summed E-state index contributed by atoms with van der Waals surface area (Å²) in [6.07, 6.45) is 7.02. The predicted molar refractivity (Wildman–Crippen MR) is 172 cm³/mol. The highest BCUT2D eigenvalue weighted by Gasteiger charge is 2.25. The van der Waals surface area contributed by atoms with Gasteiger partial charge in [-0.2, -0.15) is 5.10 Å². The average Bonchev–Trinajstić information content (AvgIpc) is 3.73. The summed E-state index contributed by atoms with van der Waals surface area (Å²) in [7, 11) is 2.17. The van der Waals surface area contributed by atoms with E-state index in [9.17, 15) is 4.79 Å². The Morgan fingerprint density at radius 2 is 1.89 bits per heavy atom. The molecule has 1 N–H and O–H groups in total. The van der Waals surface area contributed by atoms with Crippen LogP contribution in [-0.4, -0.2) is 95.7 Å². The van der Waals surface area contributed by atoms with Crippen molar-refractivity contribution in [2.75, 3.05) is 74.3 Å². The molecule has 0 amide bonds. The van der Waals surface area contributed by atoms with Crippen molar-refractivity contribution in [1.82, 2.24) is 30.1 Å². The van der Waals surface area contributed by atoms with E-state index in [0.29, 0.717) is 43.1 Å². The van der Waals surface area contributed by atoms with Crippen molar-refractivity contribution in [1.29, 1.82) is 0 Å². The third-order valence-corrected chi connectivity index (χ3v) is 9.57. The van der Waals surface area contributed by atoms with E-state index in [1.165, 1.54) is 5.00 Å². The third kappa shape index (κ3) is 5.64. The molecular weight excluding hydrogens is 578 g/mol. The predicted octanol–water partition coefficient (Wildman–Crippen LogP) is 4.39. The summed E-state index contributed by atoms with van der Waals surface area (Å²) in [4.78, 5) is 37.9. The Morgan fingerprint density at radius 3 is 2.66 bits per heavy atom. The molecule has 0 saturated carbocycles. The number of aromatic amines is 1. The number of hydrogen-bond acceptors (Lipinski definition) is 12. The van der Waals surface area contributed by atoms with Gasteiger partial charge in [0.25, 0.3) is 0 Å². The number of rotatable bonds is 8. The minimum absolute atomic E-state index is 0.330. The molecule has 5 aromatic rings. The molecule has 0 aliphatic carbocycles. The van der Waals surface area contributed by atoms with Crippen molar-refractivity contribution in [3.05, 3.63) is 48.4 Å². The highest BCUT2D eigenvalue weighted by Crippen LogP contribution is 2.39. The van der Waals surface area contributed by atoms with E-state index in [2.05, 4.69) is 54.0 Å². The lowest BCUT2D eigenvalue weighted by Gasteiger charge is -2.34. The number of carbonyl (C=O) groups excluding carboxylic acids is 1. The lowest BCUT2D eigenvalue weighted by Crippen LogP contribution is -2.38. The quantitative estimate of drug-likeness (QED) is 0.251. The Kier molecular flexibility index (Phi) is 7.96. The lowest BCUT2D eigenvalue weighted by atomic mass is 9.96. The SMILES string of the molecule is CCOC(=O)c1cnc(N2CCC(CN(C)c3cc4nc(-c5cccc6[nH]ncc56)nc(N5CCOCC5)c4s3)CC2)nc1. The monoisotopic (exact) mass is 613 g/mol. The molecule has 0 bridgehead atoms. The second-order valence-corrected chi connectivity index (χ2v) is 12.2. The number of esters is 1. The first-order valence-corrected chi connectivity index (χ1v) is 15.9. The largest absolute Gasteiger partial charge is 0.462 e. The number of H-pyrrole nitrogens is 1. The van der Waals surface area contributed by atoms with Crippen LogP contribution in [0.3, 0.4) is 0 Å². The fourth-order valence-corrected chi connectivity index (χ4v) is 7.05. The Hall–Kier alpha value is -4.36. The number of nitrogens with one attached hydrogen (secondary N) is 1. The smallest absolute Gasteiger partial charge is 0.341 e. The highest BCUT2D eigenvalue weighted by molar-refractivity contribution is 7.23. The van der Waals surface area contributed by atoms with Crippen molar-refractivity contribution in [2.24, 2.45) is 5.92 Å². The molecule has 12 nitrogen and oxygen atoms in total. The first-order chi connectivity index (χ1) is 21.6. The number of aromatic nitrogens is 6. The Labute approximate surface area is 259 Å². The van der Waals surface area contributed by atoms with Crippen molar-refractivity contribution < 1.29 is 14.3 Å². The van der Waals surface area contributed by atoms with Crippen LogP contribution in [0.2, 0.25) is 0 Å². The van der Waals surface area contributed by atoms with E-state index in [0.717, 1.165) is 78.1 Å². The van der Waals surface area contributed by atoms with E-state index in [1.807, 2.05) is 18.3 Å². The minimum atomic E-state index is -0.392. The van der Waals surface area contributed by atoms with E-state index < -0.39 is 5.97 Å². The van der Waals surface area contributed by atoms with Gasteiger partial charge in [-0.1, -0.05) is 12.1 Å². The van der Waals surface area contributed by atoms with E-state index in [4.69, 9.17) is 19.4 Å². The van der Waals surface area contributed by atoms with Gasteiger partial charge in [0, 0.05) is 63.1 Å². The summed E-state index contributed by atoms with van der Waals surface area (Å²) in [5.74, 6) is 2.49. The van der Waals surface area contributed by atoms with Crippen LogP contribution in [0.5, 0.6) is 0 Å². The van der Waals surface area contributed by atoms with Gasteiger partial charge in [0.2, 0.25) is 5.95 Å². The lowest BCUT2D eigenvalue weighted by molar-refractivity contribution is 0.0525. The molecule has 44 heavy (non-hydrogen) atoms. The van der Waals surface area contributed by atoms with Gasteiger partial charge in [-0.25, -0.2) is 24.7 Å². The molecule has 0 atom stereocenters. The maximum Gasteiger partial charge on any atom is 0.341 e. The van der Waals surface area contributed by atoms with Gasteiger partial charge in [0.05, 0.1) is 52.3 Å². The molecule has 13 heteroatoms. The average molecular weight is 614 g/mol. The molecule has 0 radical (unpaired) electrons. The summed E-state index contributed by atoms with van der Waals surface area (Å²) in [6, 6.07) is 8.30. The van der Waals surface area contributed by atoms with Gasteiger partial charge in [0.1, 0.15) is 0 Å². The van der Waals surface area contributed by atoms with Crippen LogP contribution in [0.15, 0.2) is 42.9 Å². The molecule has 4 aromatic heterocycles. The highest BCUT2D eigenvalue weighted by atomic mass is 32.1. The molecule has 2 aliphatic heterocycles. The molecule has 6 heterocycles. The Morgan fingerprint density at radius 1 is 1.09 bits per heavy atom. The van der Waals surface area contributed by atoms with Crippen molar-refractivity contribution >= 4 is 55.2 Å². The van der Waals surface area contributed by atoms with Crippen LogP contribution in [0.1, 0.15) is 30.1 Å². The number of carbonyl (C=O) groups is 1. The fraction of sp³-hybridized carbons (Fsp3) is 0.419. The number of hydrogen-bond donors (Lipinski definition) is 1. The first-order valence-electron chi connectivity index (χ1n) is 15.1. The van der Waals surface area contributed by atoms with Crippen molar-refractivity contribution in [2.45, 2.75) is 19.8 Å². The molecular formula is C31H35N9O3S. The zero-order chi connectivity index (χ0) is 30.0. The van der Waals surface area contributed by atoms with Gasteiger partial charge in [-0.15, -0.1) is 11.3 Å². The zero-order valence-electron chi connectivity index (χ0n) is 24.9. The number of ether oxygens (including phenoxy) is 2. The third-order valence-electron chi connectivity index (χ3n) is 8.33. The number of thiophene rings is 1. The molecule has 228 valence electrons. The van der Waals surface area contributed by atoms with Crippen LogP contribution in [0.4, 0.5) is 16.8 Å². The van der Waals surface area contributed by atoms with Crippen LogP contribution in [0.25, 0.3) is 32.5 Å². The number of nitrogens with zero attached hydrogens (tertiary/aromatic N) is 8.